The van der Waals surface area contributed by atoms with Gasteiger partial charge in [-0.15, -0.1) is 6.58 Å². The predicted octanol–water partition coefficient (Wildman–Crippen LogP) is 2.17. The highest BCUT2D eigenvalue weighted by Gasteiger charge is 2.39. The second-order valence-corrected chi connectivity index (χ2v) is 5.27. The summed E-state index contributed by atoms with van der Waals surface area (Å²) in [6.45, 7) is 9.75. The molecule has 1 N–H and O–H groups in total. The molecule has 2 nitrogen and oxygen atoms in total. The molecule has 1 heterocycles. The minimum atomic E-state index is 0.466. The van der Waals surface area contributed by atoms with Gasteiger partial charge >= 0.3 is 0 Å². The Hall–Kier alpha value is -0.340. The standard InChI is InChI=1S/C13H24N2/c1-3-4-9-15-11-13(7-5-6-8-13)14-10-12(15)2/h3,12,14H,1,4-11H2,2H3. The largest absolute Gasteiger partial charge is 0.308 e. The zero-order valence-corrected chi connectivity index (χ0v) is 9.97. The molecule has 86 valence electrons. The van der Waals surface area contributed by atoms with Crippen LogP contribution in [0.1, 0.15) is 39.0 Å². The molecule has 1 spiro atoms. The third kappa shape index (κ3) is 2.43. The van der Waals surface area contributed by atoms with E-state index >= 15 is 0 Å². The summed E-state index contributed by atoms with van der Waals surface area (Å²) in [4.78, 5) is 2.64. The molecule has 15 heavy (non-hydrogen) atoms. The maximum atomic E-state index is 3.82. The van der Waals surface area contributed by atoms with Crippen LogP contribution in [-0.4, -0.2) is 36.1 Å². The van der Waals surface area contributed by atoms with Gasteiger partial charge in [0, 0.05) is 31.2 Å². The van der Waals surface area contributed by atoms with Gasteiger partial charge < -0.3 is 5.32 Å². The van der Waals surface area contributed by atoms with Gasteiger partial charge in [0.2, 0.25) is 0 Å². The topological polar surface area (TPSA) is 15.3 Å². The third-order valence-corrected chi connectivity index (χ3v) is 4.08. The molecule has 1 unspecified atom stereocenters. The monoisotopic (exact) mass is 208 g/mol. The second-order valence-electron chi connectivity index (χ2n) is 5.27. The summed E-state index contributed by atoms with van der Waals surface area (Å²) in [5, 5.41) is 3.78. The molecule has 2 aliphatic rings. The summed E-state index contributed by atoms with van der Waals surface area (Å²) in [6, 6.07) is 0.691. The minimum Gasteiger partial charge on any atom is -0.308 e. The average Bonchev–Trinajstić information content (AvgIpc) is 2.69. The Kier molecular flexibility index (Phi) is 3.47. The van der Waals surface area contributed by atoms with Crippen LogP contribution in [0.15, 0.2) is 12.7 Å². The fraction of sp³-hybridized carbons (Fsp3) is 0.846. The zero-order valence-electron chi connectivity index (χ0n) is 9.97. The summed E-state index contributed by atoms with van der Waals surface area (Å²) >= 11 is 0. The fourth-order valence-electron chi connectivity index (χ4n) is 3.04. The van der Waals surface area contributed by atoms with Crippen molar-refractivity contribution in [3.63, 3.8) is 0 Å². The molecule has 1 aliphatic heterocycles. The molecule has 1 aliphatic carbocycles. The Bertz CT molecular complexity index is 219. The number of nitrogens with one attached hydrogen (secondary N) is 1. The highest BCUT2D eigenvalue weighted by molar-refractivity contribution is 5.00. The molecule has 0 amide bonds. The van der Waals surface area contributed by atoms with E-state index in [1.807, 2.05) is 6.08 Å². The minimum absolute atomic E-state index is 0.466. The van der Waals surface area contributed by atoms with Crippen molar-refractivity contribution in [3.05, 3.63) is 12.7 Å². The summed E-state index contributed by atoms with van der Waals surface area (Å²) in [5.74, 6) is 0. The first-order valence-corrected chi connectivity index (χ1v) is 6.36. The second kappa shape index (κ2) is 4.67. The van der Waals surface area contributed by atoms with E-state index in [1.165, 1.54) is 38.8 Å². The molecule has 0 aromatic rings. The van der Waals surface area contributed by atoms with Crippen molar-refractivity contribution in [2.45, 2.75) is 50.6 Å². The van der Waals surface area contributed by atoms with Crippen molar-refractivity contribution >= 4 is 0 Å². The lowest BCUT2D eigenvalue weighted by Gasteiger charge is -2.45. The first-order chi connectivity index (χ1) is 7.26. The average molecular weight is 208 g/mol. The summed E-state index contributed by atoms with van der Waals surface area (Å²) < 4.78 is 0. The van der Waals surface area contributed by atoms with Gasteiger partial charge in [0.15, 0.2) is 0 Å². The number of hydrogen-bond donors (Lipinski definition) is 1. The van der Waals surface area contributed by atoms with Gasteiger partial charge in [-0.2, -0.15) is 0 Å². The SMILES string of the molecule is C=CCCN1CC2(CCCC2)NCC1C. The normalized spacial score (nSPS) is 30.9. The van der Waals surface area contributed by atoms with Crippen LogP contribution >= 0.6 is 0 Å². The van der Waals surface area contributed by atoms with E-state index < -0.39 is 0 Å². The van der Waals surface area contributed by atoms with Gasteiger partial charge in [-0.25, -0.2) is 0 Å². The van der Waals surface area contributed by atoms with E-state index in [0.717, 1.165) is 13.0 Å². The number of hydrogen-bond acceptors (Lipinski definition) is 2. The smallest absolute Gasteiger partial charge is 0.0309 e. The van der Waals surface area contributed by atoms with Gasteiger partial charge in [-0.05, 0) is 26.2 Å². The number of piperazine rings is 1. The van der Waals surface area contributed by atoms with Crippen LogP contribution < -0.4 is 5.32 Å². The molecule has 2 rings (SSSR count). The van der Waals surface area contributed by atoms with E-state index in [-0.39, 0.29) is 0 Å². The molecule has 2 heteroatoms. The molecule has 0 aromatic carbocycles. The van der Waals surface area contributed by atoms with Crippen molar-refractivity contribution < 1.29 is 0 Å². The zero-order chi connectivity index (χ0) is 10.7. The Labute approximate surface area is 93.7 Å². The summed E-state index contributed by atoms with van der Waals surface area (Å²) in [6.07, 6.45) is 8.75. The van der Waals surface area contributed by atoms with Crippen LogP contribution in [0.4, 0.5) is 0 Å². The highest BCUT2D eigenvalue weighted by atomic mass is 15.2. The maximum Gasteiger partial charge on any atom is 0.0309 e. The van der Waals surface area contributed by atoms with Gasteiger partial charge in [0.1, 0.15) is 0 Å². The van der Waals surface area contributed by atoms with E-state index in [4.69, 9.17) is 0 Å². The summed E-state index contributed by atoms with van der Waals surface area (Å²) in [7, 11) is 0. The molecule has 0 bridgehead atoms. The number of rotatable bonds is 3. The molecular weight excluding hydrogens is 184 g/mol. The van der Waals surface area contributed by atoms with Gasteiger partial charge in [0.25, 0.3) is 0 Å². The first-order valence-electron chi connectivity index (χ1n) is 6.36. The van der Waals surface area contributed by atoms with Crippen LogP contribution in [0.5, 0.6) is 0 Å². The van der Waals surface area contributed by atoms with Gasteiger partial charge in [-0.3, -0.25) is 4.90 Å². The lowest BCUT2D eigenvalue weighted by Crippen LogP contribution is -2.62. The maximum absolute atomic E-state index is 3.82. The summed E-state index contributed by atoms with van der Waals surface area (Å²) in [5.41, 5.74) is 0.466. The Morgan fingerprint density at radius 1 is 1.47 bits per heavy atom. The van der Waals surface area contributed by atoms with E-state index in [9.17, 15) is 0 Å². The number of nitrogens with zero attached hydrogens (tertiary/aromatic N) is 1. The third-order valence-electron chi connectivity index (χ3n) is 4.08. The first kappa shape index (κ1) is 11.2. The molecule has 0 aromatic heterocycles. The van der Waals surface area contributed by atoms with Crippen molar-refractivity contribution in [3.8, 4) is 0 Å². The van der Waals surface area contributed by atoms with Crippen LogP contribution in [0.3, 0.4) is 0 Å². The lowest BCUT2D eigenvalue weighted by atomic mass is 9.92. The van der Waals surface area contributed by atoms with Crippen LogP contribution in [-0.2, 0) is 0 Å². The van der Waals surface area contributed by atoms with Crippen molar-refractivity contribution in [2.75, 3.05) is 19.6 Å². The van der Waals surface area contributed by atoms with E-state index in [2.05, 4.69) is 23.7 Å². The Morgan fingerprint density at radius 3 is 2.87 bits per heavy atom. The van der Waals surface area contributed by atoms with Gasteiger partial charge in [0.05, 0.1) is 0 Å². The Morgan fingerprint density at radius 2 is 2.20 bits per heavy atom. The Balaban J connectivity index is 1.94. The lowest BCUT2D eigenvalue weighted by molar-refractivity contribution is 0.0909. The van der Waals surface area contributed by atoms with Gasteiger partial charge in [-0.1, -0.05) is 18.9 Å². The highest BCUT2D eigenvalue weighted by Crippen LogP contribution is 2.33. The quantitative estimate of drug-likeness (QED) is 0.715. The van der Waals surface area contributed by atoms with Crippen molar-refractivity contribution in [1.82, 2.24) is 10.2 Å². The van der Waals surface area contributed by atoms with Crippen LogP contribution in [0, 0.1) is 0 Å². The van der Waals surface area contributed by atoms with Crippen LogP contribution in [0.2, 0.25) is 0 Å². The van der Waals surface area contributed by atoms with Crippen LogP contribution in [0.25, 0.3) is 0 Å². The van der Waals surface area contributed by atoms with E-state index in [1.54, 1.807) is 0 Å². The molecule has 1 saturated carbocycles. The van der Waals surface area contributed by atoms with E-state index in [0.29, 0.717) is 11.6 Å². The van der Waals surface area contributed by atoms with Crippen molar-refractivity contribution in [1.29, 1.82) is 0 Å². The predicted molar refractivity (Wildman–Crippen MR) is 65.1 cm³/mol. The molecular formula is C13H24N2. The molecule has 0 radical (unpaired) electrons. The van der Waals surface area contributed by atoms with Crippen molar-refractivity contribution in [2.24, 2.45) is 0 Å². The fourth-order valence-corrected chi connectivity index (χ4v) is 3.04. The molecule has 1 saturated heterocycles. The molecule has 2 fully saturated rings. The molecule has 1 atom stereocenters.